The van der Waals surface area contributed by atoms with Crippen molar-refractivity contribution >= 4 is 181 Å². The minimum absolute atomic E-state index is 0.978. The summed E-state index contributed by atoms with van der Waals surface area (Å²) in [5.41, 5.74) is 26.6. The van der Waals surface area contributed by atoms with Crippen molar-refractivity contribution in [3.05, 3.63) is 352 Å². The van der Waals surface area contributed by atoms with Crippen LogP contribution >= 0.6 is 0 Å². The van der Waals surface area contributed by atoms with Crippen LogP contribution in [0.3, 0.4) is 0 Å². The topological polar surface area (TPSA) is 75.5 Å². The van der Waals surface area contributed by atoms with Crippen LogP contribution < -0.4 is 0 Å². The molecule has 11 heteroatoms. The van der Waals surface area contributed by atoms with Gasteiger partial charge in [0.25, 0.3) is 0 Å². The molecule has 514 valence electrons. The Morgan fingerprint density at radius 2 is 0.550 bits per heavy atom. The largest absolute Gasteiger partial charge is 0.313 e. The van der Waals surface area contributed by atoms with E-state index in [9.17, 15) is 0 Å². The average Bonchev–Trinajstić information content (AvgIpc) is 1.57. The summed E-state index contributed by atoms with van der Waals surface area (Å²) >= 11 is 0. The smallest absolute Gasteiger partial charge is 0.215 e. The van der Waals surface area contributed by atoms with Gasteiger partial charge in [-0.3, -0.25) is 13.2 Å². The van der Waals surface area contributed by atoms with Gasteiger partial charge < -0.3 is 22.5 Å². The highest BCUT2D eigenvalue weighted by Gasteiger charge is 2.22. The fourth-order valence-corrected chi connectivity index (χ4v) is 17.6. The van der Waals surface area contributed by atoms with Crippen LogP contribution in [0.15, 0.2) is 352 Å². The zero-order chi connectivity index (χ0) is 72.1. The van der Waals surface area contributed by atoms with E-state index in [1.165, 1.54) is 159 Å². The summed E-state index contributed by atoms with van der Waals surface area (Å²) in [6.07, 6.45) is 0. The number of nitrogens with zero attached hydrogens (tertiary/aromatic N) is 11. The van der Waals surface area contributed by atoms with Crippen molar-refractivity contribution in [3.63, 3.8) is 0 Å². The maximum absolute atomic E-state index is 4.81. The summed E-state index contributed by atoms with van der Waals surface area (Å²) in [7, 11) is 6.21. The highest BCUT2D eigenvalue weighted by Crippen LogP contribution is 2.43. The van der Waals surface area contributed by atoms with E-state index in [2.05, 4.69) is 389 Å². The van der Waals surface area contributed by atoms with Crippen LogP contribution in [0.25, 0.3) is 204 Å². The van der Waals surface area contributed by atoms with Gasteiger partial charge in [-0.05, 0) is 147 Å². The van der Waals surface area contributed by atoms with Gasteiger partial charge in [0.05, 0.1) is 99.3 Å². The Morgan fingerprint density at radius 3 is 1.12 bits per heavy atom. The first-order valence-corrected chi connectivity index (χ1v) is 37.1. The predicted octanol–water partition coefficient (Wildman–Crippen LogP) is 24.3. The van der Waals surface area contributed by atoms with Crippen LogP contribution in [-0.4, -0.2) is 50.7 Å². The molecule has 0 N–H and O–H groups in total. The highest BCUT2D eigenvalue weighted by molar-refractivity contribution is 6.29. The first kappa shape index (κ1) is 61.9. The molecule has 10 aromatic heterocycles. The predicted molar refractivity (Wildman–Crippen MR) is 456 cm³/mol. The van der Waals surface area contributed by atoms with Crippen molar-refractivity contribution in [2.75, 3.05) is 0 Å². The molecule has 109 heavy (non-hydrogen) atoms. The second kappa shape index (κ2) is 24.3. The molecule has 10 heterocycles. The van der Waals surface area contributed by atoms with Gasteiger partial charge in [0.2, 0.25) is 17.3 Å². The quantitative estimate of drug-likeness (QED) is 0.173. The van der Waals surface area contributed by atoms with Crippen molar-refractivity contribution in [3.8, 4) is 22.3 Å². The monoisotopic (exact) mass is 1400 g/mol. The van der Waals surface area contributed by atoms with Crippen molar-refractivity contribution in [2.45, 2.75) is 0 Å². The first-order chi connectivity index (χ1) is 53.9. The van der Waals surface area contributed by atoms with E-state index in [-0.39, 0.29) is 0 Å². The highest BCUT2D eigenvalue weighted by atomic mass is 15.2. The molecule has 0 saturated carbocycles. The number of rotatable bonds is 2. The summed E-state index contributed by atoms with van der Waals surface area (Å²) in [6, 6.07) is 125. The molecule has 0 saturated heterocycles. The number of aromatic nitrogens is 11. The number of hydrogen-bond acceptors (Lipinski definition) is 3. The average molecular weight is 1400 g/mol. The second-order valence-electron chi connectivity index (χ2n) is 28.5. The second-order valence-corrected chi connectivity index (χ2v) is 28.5. The summed E-state index contributed by atoms with van der Waals surface area (Å²) < 4.78 is 18.0. The summed E-state index contributed by atoms with van der Waals surface area (Å²) in [4.78, 5) is 14.3. The van der Waals surface area contributed by atoms with E-state index in [1.54, 1.807) is 0 Å². The molecule has 16 aromatic carbocycles. The Kier molecular flexibility index (Phi) is 13.8. The normalized spacial score (nSPS) is 12.0. The summed E-state index contributed by atoms with van der Waals surface area (Å²) in [5, 5.41) is 16.0. The molecule has 26 aromatic rings. The number of aryl methyl sites for hydroxylation is 3. The zero-order valence-electron chi connectivity index (χ0n) is 59.9. The number of benzene rings is 16. The standard InChI is InChI=1S/2C22H13N.2C20H15N3.C14H11N3/c1-2-7-15-13-21-19(12-14(15)6-1)18-10-5-9-17-16-8-3-4-11-20(16)23(21)22(17)18;1-2-7-15-14(6-1)12-13-20-21(15)18-10-5-9-17-16-8-3-4-11-19(16)23(20)22(17)18;1-22-17-9-5-6-10-18(17)23-19-13-15(14-7-3-2-4-8-14)11-12-16(19)21-20(22)23;1-22-18-12-11-15(14-7-3-2-4-8-14)13-19(18)23-17-10-6-5-9-16(17)21-20(22)23;1-16-12-8-4-5-9-13(12)17-11-7-3-2-6-10(11)15-14(16)17/h2*1-13H;2*2-13H,1H3;2-9H,1H3. The molecule has 0 radical (unpaired) electrons. The van der Waals surface area contributed by atoms with Gasteiger partial charge in [0, 0.05) is 64.2 Å². The molecule has 0 amide bonds. The molecule has 0 spiro atoms. The van der Waals surface area contributed by atoms with E-state index < -0.39 is 0 Å². The van der Waals surface area contributed by atoms with Gasteiger partial charge >= 0.3 is 0 Å². The molecule has 0 atom stereocenters. The Balaban J connectivity index is 0.0000000846. The van der Waals surface area contributed by atoms with Gasteiger partial charge in [-0.25, -0.2) is 15.0 Å². The Morgan fingerprint density at radius 1 is 0.183 bits per heavy atom. The molecule has 0 aliphatic rings. The van der Waals surface area contributed by atoms with Crippen molar-refractivity contribution in [1.29, 1.82) is 0 Å². The van der Waals surface area contributed by atoms with Crippen molar-refractivity contribution in [1.82, 2.24) is 50.7 Å². The van der Waals surface area contributed by atoms with Crippen LogP contribution in [0.4, 0.5) is 0 Å². The minimum atomic E-state index is 0.978. The molecule has 0 aliphatic heterocycles. The summed E-state index contributed by atoms with van der Waals surface area (Å²) in [6.45, 7) is 0. The van der Waals surface area contributed by atoms with Crippen LogP contribution in [0.1, 0.15) is 0 Å². The molecule has 11 nitrogen and oxygen atoms in total. The van der Waals surface area contributed by atoms with Gasteiger partial charge in [0.15, 0.2) is 0 Å². The lowest BCUT2D eigenvalue weighted by molar-refractivity contribution is 0.973. The maximum Gasteiger partial charge on any atom is 0.215 e. The molecule has 26 rings (SSSR count). The van der Waals surface area contributed by atoms with Crippen LogP contribution in [0.2, 0.25) is 0 Å². The third-order valence-corrected chi connectivity index (χ3v) is 22.6. The van der Waals surface area contributed by atoms with Gasteiger partial charge in [-0.15, -0.1) is 0 Å². The lowest BCUT2D eigenvalue weighted by atomic mass is 10.0. The van der Waals surface area contributed by atoms with Crippen molar-refractivity contribution < 1.29 is 0 Å². The minimum Gasteiger partial charge on any atom is -0.313 e. The molecular weight excluding hydrogens is 1330 g/mol. The number of hydrogen-bond donors (Lipinski definition) is 0. The first-order valence-electron chi connectivity index (χ1n) is 37.1. The molecule has 0 fully saturated rings. The number of imidazole rings is 6. The molecule has 0 aliphatic carbocycles. The molecule has 0 bridgehead atoms. The third-order valence-electron chi connectivity index (χ3n) is 22.6. The Labute approximate surface area is 623 Å². The number of fused-ring (bicyclic) bond motifs is 30. The van der Waals surface area contributed by atoms with Gasteiger partial charge in [0.1, 0.15) is 0 Å². The molecular formula is C98H67N11. The fourth-order valence-electron chi connectivity index (χ4n) is 17.6. The van der Waals surface area contributed by atoms with Crippen LogP contribution in [0, 0.1) is 0 Å². The molecule has 0 unspecified atom stereocenters. The lowest BCUT2D eigenvalue weighted by Gasteiger charge is -2.03. The van der Waals surface area contributed by atoms with E-state index in [4.69, 9.17) is 9.97 Å². The van der Waals surface area contributed by atoms with Crippen LogP contribution in [0.5, 0.6) is 0 Å². The van der Waals surface area contributed by atoms with Crippen molar-refractivity contribution in [2.24, 2.45) is 21.1 Å². The zero-order valence-corrected chi connectivity index (χ0v) is 59.9. The SMILES string of the molecule is Cn1c2ccc(-c3ccccc3)cc2n2c3ccccc3nc12.Cn1c2ccccc2n2c3cc(-c4ccccc4)ccc3nc12.Cn1c2ccccc2n2c3ccccc3nc12.c1ccc2c(c1)ccc1c2c2cccc3c4ccccc4n1c32.c1ccc2cc3c(cc2c1)c1cccc2c4ccccc4n3c21. The van der Waals surface area contributed by atoms with Gasteiger partial charge in [-0.1, -0.05) is 249 Å². The fraction of sp³-hybridized carbons (Fsp3) is 0.0306. The summed E-state index contributed by atoms with van der Waals surface area (Å²) in [5.74, 6) is 2.95. The van der Waals surface area contributed by atoms with Crippen LogP contribution in [-0.2, 0) is 21.1 Å². The third kappa shape index (κ3) is 9.39. The Hall–Kier alpha value is -14.6. The van der Waals surface area contributed by atoms with Gasteiger partial charge in [-0.2, -0.15) is 0 Å². The van der Waals surface area contributed by atoms with E-state index in [0.717, 1.165) is 44.9 Å². The Bertz CT molecular complexity index is 8030. The lowest BCUT2D eigenvalue weighted by Crippen LogP contribution is -1.87. The van der Waals surface area contributed by atoms with E-state index in [1.807, 2.05) is 24.3 Å². The van der Waals surface area contributed by atoms with E-state index >= 15 is 0 Å². The van der Waals surface area contributed by atoms with E-state index in [0.29, 0.717) is 0 Å². The maximum atomic E-state index is 4.81. The number of para-hydroxylation sites is 12.